The summed E-state index contributed by atoms with van der Waals surface area (Å²) in [6.07, 6.45) is 1.51. The van der Waals surface area contributed by atoms with E-state index in [9.17, 15) is 4.79 Å². The fourth-order valence-corrected chi connectivity index (χ4v) is 3.55. The van der Waals surface area contributed by atoms with Crippen molar-refractivity contribution >= 4 is 29.3 Å². The molecule has 1 saturated heterocycles. The summed E-state index contributed by atoms with van der Waals surface area (Å²) < 4.78 is 0. The van der Waals surface area contributed by atoms with E-state index in [-0.39, 0.29) is 5.91 Å². The first-order chi connectivity index (χ1) is 12.2. The number of nitrogens with one attached hydrogen (secondary N) is 1. The number of benzene rings is 1. The van der Waals surface area contributed by atoms with E-state index in [4.69, 9.17) is 0 Å². The molecule has 1 N–H and O–H groups in total. The van der Waals surface area contributed by atoms with E-state index in [1.165, 1.54) is 6.33 Å². The Bertz CT molecular complexity index is 731. The van der Waals surface area contributed by atoms with Crippen LogP contribution in [0.15, 0.2) is 41.6 Å². The zero-order valence-corrected chi connectivity index (χ0v) is 15.4. The van der Waals surface area contributed by atoms with E-state index in [1.807, 2.05) is 30.3 Å². The molecule has 3 rings (SSSR count). The van der Waals surface area contributed by atoms with Crippen molar-refractivity contribution in [2.24, 2.45) is 0 Å². The van der Waals surface area contributed by atoms with Crippen LogP contribution >= 0.6 is 11.8 Å². The van der Waals surface area contributed by atoms with Crippen molar-refractivity contribution in [2.45, 2.75) is 11.8 Å². The van der Waals surface area contributed by atoms with Crippen molar-refractivity contribution in [3.63, 3.8) is 0 Å². The van der Waals surface area contributed by atoms with Gasteiger partial charge in [0.15, 0.2) is 0 Å². The van der Waals surface area contributed by atoms with Gasteiger partial charge in [-0.25, -0.2) is 9.97 Å². The Morgan fingerprint density at radius 2 is 1.96 bits per heavy atom. The molecule has 6 nitrogen and oxygen atoms in total. The Morgan fingerprint density at radius 3 is 2.72 bits per heavy atom. The smallest absolute Gasteiger partial charge is 0.257 e. The van der Waals surface area contributed by atoms with Crippen LogP contribution in [0.25, 0.3) is 0 Å². The molecule has 1 amide bonds. The number of nitrogens with zero attached hydrogens (tertiary/aromatic N) is 4. The molecule has 0 aliphatic carbocycles. The topological polar surface area (TPSA) is 61.4 Å². The molecule has 1 aromatic carbocycles. The molecule has 2 aromatic rings. The third-order valence-corrected chi connectivity index (χ3v) is 5.11. The van der Waals surface area contributed by atoms with Crippen LogP contribution in [-0.4, -0.2) is 59.8 Å². The number of aromatic nitrogens is 2. The Hall–Kier alpha value is -2.12. The van der Waals surface area contributed by atoms with Gasteiger partial charge in [-0.1, -0.05) is 19.1 Å². The van der Waals surface area contributed by atoms with E-state index >= 15 is 0 Å². The van der Waals surface area contributed by atoms with Crippen LogP contribution in [0.5, 0.6) is 0 Å². The molecule has 0 atom stereocenters. The molecule has 0 unspecified atom stereocenters. The lowest BCUT2D eigenvalue weighted by molar-refractivity contribution is 0.102. The summed E-state index contributed by atoms with van der Waals surface area (Å²) in [7, 11) is 2.12. The molecule has 2 heterocycles. The van der Waals surface area contributed by atoms with Crippen LogP contribution in [0.1, 0.15) is 17.3 Å². The lowest BCUT2D eigenvalue weighted by atomic mass is 10.2. The first-order valence-corrected chi connectivity index (χ1v) is 9.44. The van der Waals surface area contributed by atoms with Crippen molar-refractivity contribution in [2.75, 3.05) is 49.2 Å². The first kappa shape index (κ1) is 17.7. The monoisotopic (exact) mass is 357 g/mol. The zero-order valence-electron chi connectivity index (χ0n) is 14.6. The van der Waals surface area contributed by atoms with Crippen molar-refractivity contribution in [3.05, 3.63) is 42.2 Å². The number of carbonyl (C=O) groups is 1. The fraction of sp³-hybridized carbons (Fsp3) is 0.389. The number of piperazine rings is 1. The highest BCUT2D eigenvalue weighted by Gasteiger charge is 2.17. The number of carbonyl (C=O) groups excluding carboxylic acids is 1. The summed E-state index contributed by atoms with van der Waals surface area (Å²) in [5.74, 6) is 2.17. The third-order valence-electron chi connectivity index (χ3n) is 4.15. The number of rotatable bonds is 5. The van der Waals surface area contributed by atoms with E-state index in [1.54, 1.807) is 11.8 Å². The van der Waals surface area contributed by atoms with Gasteiger partial charge in [0.25, 0.3) is 5.91 Å². The second kappa shape index (κ2) is 8.31. The van der Waals surface area contributed by atoms with Gasteiger partial charge >= 0.3 is 0 Å². The highest BCUT2D eigenvalue weighted by molar-refractivity contribution is 7.99. The van der Waals surface area contributed by atoms with Crippen LogP contribution < -0.4 is 10.2 Å². The van der Waals surface area contributed by atoms with Gasteiger partial charge in [0.05, 0.1) is 5.56 Å². The van der Waals surface area contributed by atoms with E-state index in [0.29, 0.717) is 11.4 Å². The number of hydrogen-bond acceptors (Lipinski definition) is 6. The Morgan fingerprint density at radius 1 is 1.20 bits per heavy atom. The standard InChI is InChI=1S/C18H23N5OS/c1-3-25-15-7-5-4-6-14(15)18(24)21-16-12-17(20-13-19-16)23-10-8-22(2)9-11-23/h4-7,12-13H,3,8-11H2,1-2H3,(H,19,20,21,24). The summed E-state index contributed by atoms with van der Waals surface area (Å²) in [6.45, 7) is 5.94. The summed E-state index contributed by atoms with van der Waals surface area (Å²) in [5.41, 5.74) is 0.675. The summed E-state index contributed by atoms with van der Waals surface area (Å²) in [4.78, 5) is 26.7. The van der Waals surface area contributed by atoms with Crippen LogP contribution in [0.3, 0.4) is 0 Å². The lowest BCUT2D eigenvalue weighted by Crippen LogP contribution is -2.44. The Labute approximate surface area is 152 Å². The minimum atomic E-state index is -0.139. The molecule has 1 aliphatic heterocycles. The maximum absolute atomic E-state index is 12.6. The van der Waals surface area contributed by atoms with Crippen LogP contribution in [0.4, 0.5) is 11.6 Å². The van der Waals surface area contributed by atoms with Crippen LogP contribution in [-0.2, 0) is 0 Å². The van der Waals surface area contributed by atoms with Crippen molar-refractivity contribution in [1.29, 1.82) is 0 Å². The highest BCUT2D eigenvalue weighted by atomic mass is 32.2. The largest absolute Gasteiger partial charge is 0.354 e. The van der Waals surface area contributed by atoms with E-state index in [2.05, 4.69) is 39.1 Å². The third kappa shape index (κ3) is 4.49. The Balaban J connectivity index is 1.73. The number of amides is 1. The molecule has 0 radical (unpaired) electrons. The van der Waals surface area contributed by atoms with Crippen LogP contribution in [0.2, 0.25) is 0 Å². The van der Waals surface area contributed by atoms with Crippen molar-refractivity contribution in [1.82, 2.24) is 14.9 Å². The lowest BCUT2D eigenvalue weighted by Gasteiger charge is -2.33. The molecule has 1 aliphatic rings. The molecule has 0 bridgehead atoms. The fourth-order valence-electron chi connectivity index (χ4n) is 2.74. The molecule has 1 aromatic heterocycles. The van der Waals surface area contributed by atoms with Crippen molar-refractivity contribution in [3.8, 4) is 0 Å². The molecular formula is C18H23N5OS. The molecule has 7 heteroatoms. The van der Waals surface area contributed by atoms with Gasteiger partial charge < -0.3 is 15.1 Å². The molecule has 0 spiro atoms. The van der Waals surface area contributed by atoms with Gasteiger partial charge in [-0.15, -0.1) is 11.8 Å². The van der Waals surface area contributed by atoms with Gasteiger partial charge in [0.1, 0.15) is 18.0 Å². The number of likely N-dealkylation sites (N-methyl/N-ethyl adjacent to an activating group) is 1. The van der Waals surface area contributed by atoms with E-state index < -0.39 is 0 Å². The summed E-state index contributed by atoms with van der Waals surface area (Å²) in [5, 5.41) is 2.90. The maximum Gasteiger partial charge on any atom is 0.257 e. The van der Waals surface area contributed by atoms with E-state index in [0.717, 1.165) is 42.6 Å². The molecule has 1 fully saturated rings. The minimum absolute atomic E-state index is 0.139. The van der Waals surface area contributed by atoms with Crippen molar-refractivity contribution < 1.29 is 4.79 Å². The Kier molecular flexibility index (Phi) is 5.88. The second-order valence-corrected chi connectivity index (χ2v) is 7.24. The van der Waals surface area contributed by atoms with Gasteiger partial charge in [0, 0.05) is 37.1 Å². The molecule has 25 heavy (non-hydrogen) atoms. The van der Waals surface area contributed by atoms with Gasteiger partial charge in [0.2, 0.25) is 0 Å². The maximum atomic E-state index is 12.6. The van der Waals surface area contributed by atoms with Crippen LogP contribution in [0, 0.1) is 0 Å². The summed E-state index contributed by atoms with van der Waals surface area (Å²) >= 11 is 1.66. The SMILES string of the molecule is CCSc1ccccc1C(=O)Nc1cc(N2CCN(C)CC2)ncn1. The van der Waals surface area contributed by atoms with Gasteiger partial charge in [-0.3, -0.25) is 4.79 Å². The molecule has 132 valence electrons. The normalized spacial score (nSPS) is 15.2. The first-order valence-electron chi connectivity index (χ1n) is 8.46. The van der Waals surface area contributed by atoms with Gasteiger partial charge in [-0.2, -0.15) is 0 Å². The second-order valence-electron chi connectivity index (χ2n) is 5.94. The average Bonchev–Trinajstić information content (AvgIpc) is 2.63. The predicted molar refractivity (Wildman–Crippen MR) is 103 cm³/mol. The highest BCUT2D eigenvalue weighted by Crippen LogP contribution is 2.23. The molecular weight excluding hydrogens is 334 g/mol. The summed E-state index contributed by atoms with van der Waals surface area (Å²) in [6, 6.07) is 9.49. The minimum Gasteiger partial charge on any atom is -0.354 e. The van der Waals surface area contributed by atoms with Gasteiger partial charge in [-0.05, 0) is 24.9 Å². The predicted octanol–water partition coefficient (Wildman–Crippen LogP) is 2.59. The number of hydrogen-bond donors (Lipinski definition) is 1. The number of anilines is 2. The quantitative estimate of drug-likeness (QED) is 0.830. The number of thioether (sulfide) groups is 1. The zero-order chi connectivity index (χ0) is 17.6. The average molecular weight is 357 g/mol. The molecule has 0 saturated carbocycles.